The fourth-order valence-corrected chi connectivity index (χ4v) is 3.43. The van der Waals surface area contributed by atoms with Crippen LogP contribution in [0.1, 0.15) is 20.8 Å². The zero-order valence-corrected chi connectivity index (χ0v) is 16.1. The molecule has 1 aliphatic rings. The summed E-state index contributed by atoms with van der Waals surface area (Å²) in [7, 11) is 0. The van der Waals surface area contributed by atoms with Crippen molar-refractivity contribution in [2.75, 3.05) is 18.9 Å². The van der Waals surface area contributed by atoms with Crippen LogP contribution in [-0.2, 0) is 9.59 Å². The highest BCUT2D eigenvalue weighted by atomic mass is 35.5. The molecule has 1 amide bonds. The molecule has 130 valence electrons. The van der Waals surface area contributed by atoms with Crippen LogP contribution in [0.2, 0.25) is 10.0 Å². The molecule has 1 aliphatic heterocycles. The van der Waals surface area contributed by atoms with Gasteiger partial charge >= 0.3 is 0 Å². The lowest BCUT2D eigenvalue weighted by Gasteiger charge is -2.20. The molecule has 0 bridgehead atoms. The van der Waals surface area contributed by atoms with Crippen LogP contribution in [0.4, 0.5) is 0 Å². The van der Waals surface area contributed by atoms with E-state index in [9.17, 15) is 9.59 Å². The number of ether oxygens (including phenoxy) is 1. The molecule has 7 heteroatoms. The van der Waals surface area contributed by atoms with E-state index in [1.165, 1.54) is 17.8 Å². The first-order valence-corrected chi connectivity index (χ1v) is 9.20. The van der Waals surface area contributed by atoms with E-state index in [4.69, 9.17) is 27.9 Å². The minimum atomic E-state index is -0.480. The number of carbonyl (C=O) groups is 2. The van der Waals surface area contributed by atoms with Crippen molar-refractivity contribution in [2.45, 2.75) is 20.8 Å². The van der Waals surface area contributed by atoms with E-state index in [1.54, 1.807) is 23.1 Å². The molecule has 1 saturated heterocycles. The zero-order valence-electron chi connectivity index (χ0n) is 13.8. The van der Waals surface area contributed by atoms with Gasteiger partial charge in [-0.2, -0.15) is 0 Å². The van der Waals surface area contributed by atoms with Crippen LogP contribution in [0.3, 0.4) is 0 Å². The Balaban J connectivity index is 2.03. The summed E-state index contributed by atoms with van der Waals surface area (Å²) < 4.78 is 5.62. The van der Waals surface area contributed by atoms with Crippen LogP contribution in [0, 0.1) is 5.41 Å². The fraction of sp³-hybridized carbons (Fsp3) is 0.412. The molecular formula is C17H19Cl2NO3S. The largest absolute Gasteiger partial charge is 0.489 e. The van der Waals surface area contributed by atoms with Gasteiger partial charge in [-0.25, -0.2) is 0 Å². The van der Waals surface area contributed by atoms with E-state index >= 15 is 0 Å². The van der Waals surface area contributed by atoms with E-state index in [2.05, 4.69) is 0 Å². The third-order valence-corrected chi connectivity index (χ3v) is 5.01. The molecule has 1 fully saturated rings. The average Bonchev–Trinajstić information content (AvgIpc) is 2.82. The second kappa shape index (κ2) is 7.81. The smallest absolute Gasteiger partial charge is 0.237 e. The predicted molar refractivity (Wildman–Crippen MR) is 98.7 cm³/mol. The van der Waals surface area contributed by atoms with E-state index in [1.807, 2.05) is 20.8 Å². The first kappa shape index (κ1) is 19.2. The predicted octanol–water partition coefficient (Wildman–Crippen LogP) is 4.40. The van der Waals surface area contributed by atoms with Crippen molar-refractivity contribution in [1.82, 2.24) is 4.90 Å². The van der Waals surface area contributed by atoms with Gasteiger partial charge in [0.15, 0.2) is 11.5 Å². The van der Waals surface area contributed by atoms with Gasteiger partial charge in [0, 0.05) is 11.5 Å². The number of hydrogen-bond donors (Lipinski definition) is 0. The van der Waals surface area contributed by atoms with Crippen LogP contribution in [0.15, 0.2) is 29.3 Å². The summed E-state index contributed by atoms with van der Waals surface area (Å²) >= 11 is 13.5. The zero-order chi connectivity index (χ0) is 17.9. The minimum absolute atomic E-state index is 0.0141. The molecule has 1 heterocycles. The van der Waals surface area contributed by atoms with Crippen molar-refractivity contribution in [1.29, 1.82) is 0 Å². The molecule has 0 N–H and O–H groups in total. The van der Waals surface area contributed by atoms with Crippen molar-refractivity contribution in [3.05, 3.63) is 39.3 Å². The van der Waals surface area contributed by atoms with Crippen molar-refractivity contribution in [2.24, 2.45) is 5.41 Å². The second-order valence-corrected chi connectivity index (χ2v) is 8.14. The Kier molecular flexibility index (Phi) is 6.23. The standard InChI is InChI=1S/C17H19Cl2NO3S/c1-17(2,3)13(21)9-15-20(14(22)10-24-15)7-8-23-16-11(18)5-4-6-12(16)19/h4-6,9H,7-8,10H2,1-3H3/b15-9-. The van der Waals surface area contributed by atoms with Crippen LogP contribution in [0.25, 0.3) is 0 Å². The molecule has 0 aliphatic carbocycles. The number of allylic oxidation sites excluding steroid dienone is 1. The number of ketones is 1. The van der Waals surface area contributed by atoms with Crippen LogP contribution in [0.5, 0.6) is 5.75 Å². The lowest BCUT2D eigenvalue weighted by molar-refractivity contribution is -0.125. The molecule has 0 saturated carbocycles. The number of nitrogens with zero attached hydrogens (tertiary/aromatic N) is 1. The Bertz CT molecular complexity index is 663. The van der Waals surface area contributed by atoms with Gasteiger partial charge in [-0.15, -0.1) is 0 Å². The molecule has 24 heavy (non-hydrogen) atoms. The first-order valence-electron chi connectivity index (χ1n) is 7.46. The van der Waals surface area contributed by atoms with Gasteiger partial charge in [0.05, 0.1) is 27.4 Å². The van der Waals surface area contributed by atoms with Gasteiger partial charge in [0.2, 0.25) is 5.91 Å². The van der Waals surface area contributed by atoms with Crippen molar-refractivity contribution >= 4 is 46.7 Å². The van der Waals surface area contributed by atoms with E-state index in [0.29, 0.717) is 33.1 Å². The Morgan fingerprint density at radius 3 is 2.54 bits per heavy atom. The molecule has 0 atom stereocenters. The summed E-state index contributed by atoms with van der Waals surface area (Å²) in [5.41, 5.74) is -0.480. The lowest BCUT2D eigenvalue weighted by Crippen LogP contribution is -2.30. The number of para-hydroxylation sites is 1. The van der Waals surface area contributed by atoms with Gasteiger partial charge < -0.3 is 9.64 Å². The fourth-order valence-electron chi connectivity index (χ4n) is 1.96. The molecule has 1 aromatic carbocycles. The number of amides is 1. The lowest BCUT2D eigenvalue weighted by atomic mass is 9.91. The molecular weight excluding hydrogens is 369 g/mol. The molecule has 0 unspecified atom stereocenters. The quantitative estimate of drug-likeness (QED) is 0.702. The summed E-state index contributed by atoms with van der Waals surface area (Å²) in [6.07, 6.45) is 1.54. The minimum Gasteiger partial charge on any atom is -0.489 e. The van der Waals surface area contributed by atoms with Gasteiger partial charge in [-0.3, -0.25) is 9.59 Å². The van der Waals surface area contributed by atoms with Crippen molar-refractivity contribution < 1.29 is 14.3 Å². The van der Waals surface area contributed by atoms with Crippen molar-refractivity contribution in [3.8, 4) is 5.75 Å². The highest BCUT2D eigenvalue weighted by molar-refractivity contribution is 8.04. The topological polar surface area (TPSA) is 46.6 Å². The summed E-state index contributed by atoms with van der Waals surface area (Å²) in [6, 6.07) is 5.11. The highest BCUT2D eigenvalue weighted by Crippen LogP contribution is 2.33. The normalized spacial score (nSPS) is 16.8. The molecule has 0 spiro atoms. The third kappa shape index (κ3) is 4.68. The summed E-state index contributed by atoms with van der Waals surface area (Å²) in [5, 5.41) is 1.50. The van der Waals surface area contributed by atoms with Crippen LogP contribution >= 0.6 is 35.0 Å². The average molecular weight is 388 g/mol. The molecule has 0 radical (unpaired) electrons. The van der Waals surface area contributed by atoms with Crippen molar-refractivity contribution in [3.63, 3.8) is 0 Å². The summed E-state index contributed by atoms with van der Waals surface area (Å²) in [6.45, 7) is 6.11. The van der Waals surface area contributed by atoms with Gasteiger partial charge in [0.25, 0.3) is 0 Å². The van der Waals surface area contributed by atoms with E-state index in [0.717, 1.165) is 0 Å². The summed E-state index contributed by atoms with van der Waals surface area (Å²) in [4.78, 5) is 25.8. The maximum absolute atomic E-state index is 12.2. The molecule has 2 rings (SSSR count). The maximum atomic E-state index is 12.2. The Morgan fingerprint density at radius 2 is 1.96 bits per heavy atom. The number of halogens is 2. The Hall–Kier alpha value is -1.17. The van der Waals surface area contributed by atoms with Gasteiger partial charge in [-0.1, -0.05) is 61.8 Å². The summed E-state index contributed by atoms with van der Waals surface area (Å²) in [5.74, 6) is 0.675. The van der Waals surface area contributed by atoms with Crippen LogP contribution in [-0.4, -0.2) is 35.5 Å². The highest BCUT2D eigenvalue weighted by Gasteiger charge is 2.29. The number of benzene rings is 1. The van der Waals surface area contributed by atoms with Gasteiger partial charge in [0.1, 0.15) is 6.61 Å². The second-order valence-electron chi connectivity index (χ2n) is 6.33. The van der Waals surface area contributed by atoms with E-state index in [-0.39, 0.29) is 18.3 Å². The monoisotopic (exact) mass is 387 g/mol. The number of hydrogen-bond acceptors (Lipinski definition) is 4. The van der Waals surface area contributed by atoms with Gasteiger partial charge in [-0.05, 0) is 12.1 Å². The van der Waals surface area contributed by atoms with Crippen LogP contribution < -0.4 is 4.74 Å². The number of carbonyl (C=O) groups excluding carboxylic acids is 2. The SMILES string of the molecule is CC(C)(C)C(=O)/C=C1\SCC(=O)N1CCOc1c(Cl)cccc1Cl. The first-order chi connectivity index (χ1) is 11.2. The molecule has 4 nitrogen and oxygen atoms in total. The maximum Gasteiger partial charge on any atom is 0.237 e. The van der Waals surface area contributed by atoms with E-state index < -0.39 is 5.41 Å². The Morgan fingerprint density at radius 1 is 1.33 bits per heavy atom. The Labute approximate surface area is 156 Å². The number of rotatable bonds is 5. The number of thioether (sulfide) groups is 1. The third-order valence-electron chi connectivity index (χ3n) is 3.38. The molecule has 1 aromatic rings. The molecule has 0 aromatic heterocycles.